The third-order valence-electron chi connectivity index (χ3n) is 4.16. The van der Waals surface area contributed by atoms with Gasteiger partial charge in [-0.2, -0.15) is 0 Å². The standard InChI is InChI=1S/C21H19ClN2O2/c22-20-9-2-1-8-18(20)19(16-6-3-7-17(25)11-16)12-21(26)24-14-15-5-4-10-23-13-15/h1-11,13,19,25H,12,14H2,(H,24,26). The van der Waals surface area contributed by atoms with Crippen LogP contribution >= 0.6 is 11.6 Å². The number of phenols is 1. The second kappa shape index (κ2) is 8.50. The molecule has 0 aliphatic rings. The Morgan fingerprint density at radius 3 is 2.69 bits per heavy atom. The molecule has 1 aromatic heterocycles. The summed E-state index contributed by atoms with van der Waals surface area (Å²) in [6.45, 7) is 0.419. The average Bonchev–Trinajstić information content (AvgIpc) is 2.66. The first-order valence-corrected chi connectivity index (χ1v) is 8.70. The summed E-state index contributed by atoms with van der Waals surface area (Å²) in [7, 11) is 0. The van der Waals surface area contributed by atoms with Gasteiger partial charge in [-0.1, -0.05) is 48.0 Å². The summed E-state index contributed by atoms with van der Waals surface area (Å²) < 4.78 is 0. The number of nitrogens with one attached hydrogen (secondary N) is 1. The van der Waals surface area contributed by atoms with Crippen LogP contribution < -0.4 is 5.32 Å². The fraction of sp³-hybridized carbons (Fsp3) is 0.143. The molecule has 0 aliphatic heterocycles. The van der Waals surface area contributed by atoms with Crippen molar-refractivity contribution in [1.82, 2.24) is 10.3 Å². The Kier molecular flexibility index (Phi) is 5.87. The second-order valence-corrected chi connectivity index (χ2v) is 6.42. The number of carbonyl (C=O) groups is 1. The highest BCUT2D eigenvalue weighted by Gasteiger charge is 2.20. The SMILES string of the molecule is O=C(CC(c1cccc(O)c1)c1ccccc1Cl)NCc1cccnc1. The molecular formula is C21H19ClN2O2. The predicted octanol–water partition coefficient (Wildman–Crippen LogP) is 4.28. The van der Waals surface area contributed by atoms with Crippen LogP contribution in [0.2, 0.25) is 5.02 Å². The van der Waals surface area contributed by atoms with Gasteiger partial charge in [0.1, 0.15) is 5.75 Å². The van der Waals surface area contributed by atoms with Crippen molar-refractivity contribution in [2.24, 2.45) is 0 Å². The molecule has 132 valence electrons. The van der Waals surface area contributed by atoms with E-state index in [-0.39, 0.29) is 24.0 Å². The van der Waals surface area contributed by atoms with Gasteiger partial charge in [0.05, 0.1) is 0 Å². The van der Waals surface area contributed by atoms with Gasteiger partial charge in [0.15, 0.2) is 0 Å². The predicted molar refractivity (Wildman–Crippen MR) is 102 cm³/mol. The van der Waals surface area contributed by atoms with E-state index in [1.807, 2.05) is 36.4 Å². The minimum Gasteiger partial charge on any atom is -0.508 e. The molecule has 0 spiro atoms. The van der Waals surface area contributed by atoms with E-state index in [2.05, 4.69) is 10.3 Å². The Labute approximate surface area is 157 Å². The largest absolute Gasteiger partial charge is 0.508 e. The van der Waals surface area contributed by atoms with Crippen molar-refractivity contribution in [3.8, 4) is 5.75 Å². The molecule has 0 bridgehead atoms. The first-order valence-electron chi connectivity index (χ1n) is 8.32. The molecule has 5 heteroatoms. The van der Waals surface area contributed by atoms with Gasteiger partial charge < -0.3 is 10.4 Å². The molecule has 0 saturated carbocycles. The molecule has 0 radical (unpaired) electrons. The van der Waals surface area contributed by atoms with E-state index < -0.39 is 0 Å². The summed E-state index contributed by atoms with van der Waals surface area (Å²) in [5.74, 6) is -0.179. The van der Waals surface area contributed by atoms with Crippen molar-refractivity contribution in [2.45, 2.75) is 18.9 Å². The van der Waals surface area contributed by atoms with Crippen molar-refractivity contribution >= 4 is 17.5 Å². The van der Waals surface area contributed by atoms with Gasteiger partial charge in [-0.3, -0.25) is 9.78 Å². The van der Waals surface area contributed by atoms with E-state index in [1.165, 1.54) is 0 Å². The number of hydrogen-bond acceptors (Lipinski definition) is 3. The third-order valence-corrected chi connectivity index (χ3v) is 4.50. The number of aromatic hydroxyl groups is 1. The average molecular weight is 367 g/mol. The van der Waals surface area contributed by atoms with Crippen molar-refractivity contribution in [3.05, 3.63) is 94.8 Å². The number of halogens is 1. The fourth-order valence-corrected chi connectivity index (χ4v) is 3.13. The Balaban J connectivity index is 1.80. The van der Waals surface area contributed by atoms with E-state index in [0.717, 1.165) is 16.7 Å². The third kappa shape index (κ3) is 4.61. The molecule has 1 atom stereocenters. The number of phenolic OH excluding ortho intramolecular Hbond substituents is 1. The molecule has 0 fully saturated rings. The fourth-order valence-electron chi connectivity index (χ4n) is 2.87. The van der Waals surface area contributed by atoms with Crippen molar-refractivity contribution in [1.29, 1.82) is 0 Å². The number of carbonyl (C=O) groups excluding carboxylic acids is 1. The van der Waals surface area contributed by atoms with E-state index in [4.69, 9.17) is 11.6 Å². The Morgan fingerprint density at radius 2 is 1.96 bits per heavy atom. The zero-order chi connectivity index (χ0) is 18.4. The summed E-state index contributed by atoms with van der Waals surface area (Å²) in [4.78, 5) is 16.6. The summed E-state index contributed by atoms with van der Waals surface area (Å²) in [5, 5.41) is 13.3. The smallest absolute Gasteiger partial charge is 0.221 e. The topological polar surface area (TPSA) is 62.2 Å². The highest BCUT2D eigenvalue weighted by atomic mass is 35.5. The van der Waals surface area contributed by atoms with Crippen LogP contribution in [-0.2, 0) is 11.3 Å². The molecule has 2 N–H and O–H groups in total. The zero-order valence-corrected chi connectivity index (χ0v) is 14.9. The lowest BCUT2D eigenvalue weighted by atomic mass is 9.88. The van der Waals surface area contributed by atoms with Crippen LogP contribution in [0.25, 0.3) is 0 Å². The number of nitrogens with zero attached hydrogens (tertiary/aromatic N) is 1. The van der Waals surface area contributed by atoms with Gasteiger partial charge in [0, 0.05) is 36.3 Å². The summed E-state index contributed by atoms with van der Waals surface area (Å²) in [6, 6.07) is 18.1. The van der Waals surface area contributed by atoms with Crippen molar-refractivity contribution in [3.63, 3.8) is 0 Å². The Morgan fingerprint density at radius 1 is 1.12 bits per heavy atom. The zero-order valence-electron chi connectivity index (χ0n) is 14.1. The maximum Gasteiger partial charge on any atom is 0.221 e. The molecule has 0 aliphatic carbocycles. The van der Waals surface area contributed by atoms with E-state index in [1.54, 1.807) is 36.7 Å². The number of amides is 1. The lowest BCUT2D eigenvalue weighted by Crippen LogP contribution is -2.25. The van der Waals surface area contributed by atoms with Gasteiger partial charge in [-0.15, -0.1) is 0 Å². The van der Waals surface area contributed by atoms with Crippen LogP contribution in [0.1, 0.15) is 29.0 Å². The highest BCUT2D eigenvalue weighted by Crippen LogP contribution is 2.34. The molecule has 1 amide bonds. The number of rotatable bonds is 6. The first kappa shape index (κ1) is 18.0. The second-order valence-electron chi connectivity index (χ2n) is 6.01. The van der Waals surface area contributed by atoms with Crippen LogP contribution in [-0.4, -0.2) is 16.0 Å². The van der Waals surface area contributed by atoms with Crippen LogP contribution in [0.3, 0.4) is 0 Å². The minimum atomic E-state index is -0.246. The van der Waals surface area contributed by atoms with Crippen LogP contribution in [0.15, 0.2) is 73.1 Å². The van der Waals surface area contributed by atoms with E-state index in [9.17, 15) is 9.90 Å². The van der Waals surface area contributed by atoms with Crippen molar-refractivity contribution in [2.75, 3.05) is 0 Å². The van der Waals surface area contributed by atoms with Gasteiger partial charge in [0.25, 0.3) is 0 Å². The normalized spacial score (nSPS) is 11.7. The summed E-state index contributed by atoms with van der Waals surface area (Å²) in [5.41, 5.74) is 2.64. The molecule has 2 aromatic carbocycles. The van der Waals surface area contributed by atoms with Crippen molar-refractivity contribution < 1.29 is 9.90 Å². The molecular weight excluding hydrogens is 348 g/mol. The summed E-state index contributed by atoms with van der Waals surface area (Å²) in [6.07, 6.45) is 3.65. The molecule has 26 heavy (non-hydrogen) atoms. The molecule has 1 unspecified atom stereocenters. The van der Waals surface area contributed by atoms with E-state index in [0.29, 0.717) is 11.6 Å². The Hall–Kier alpha value is -2.85. The highest BCUT2D eigenvalue weighted by molar-refractivity contribution is 6.31. The van der Waals surface area contributed by atoms with Crippen LogP contribution in [0.4, 0.5) is 0 Å². The Bertz CT molecular complexity index is 884. The lowest BCUT2D eigenvalue weighted by molar-refractivity contribution is -0.121. The van der Waals surface area contributed by atoms with E-state index >= 15 is 0 Å². The van der Waals surface area contributed by atoms with Gasteiger partial charge in [-0.25, -0.2) is 0 Å². The number of pyridine rings is 1. The summed E-state index contributed by atoms with van der Waals surface area (Å²) >= 11 is 6.36. The molecule has 4 nitrogen and oxygen atoms in total. The van der Waals surface area contributed by atoms with Gasteiger partial charge >= 0.3 is 0 Å². The van der Waals surface area contributed by atoms with Gasteiger partial charge in [-0.05, 0) is 41.0 Å². The quantitative estimate of drug-likeness (QED) is 0.684. The number of hydrogen-bond donors (Lipinski definition) is 2. The molecule has 3 aromatic rings. The maximum absolute atomic E-state index is 12.5. The number of benzene rings is 2. The number of aromatic nitrogens is 1. The minimum absolute atomic E-state index is 0.0953. The molecule has 1 heterocycles. The van der Waals surface area contributed by atoms with Crippen LogP contribution in [0.5, 0.6) is 5.75 Å². The van der Waals surface area contributed by atoms with Crippen LogP contribution in [0, 0.1) is 0 Å². The van der Waals surface area contributed by atoms with Gasteiger partial charge in [0.2, 0.25) is 5.91 Å². The maximum atomic E-state index is 12.5. The molecule has 3 rings (SSSR count). The molecule has 0 saturated heterocycles. The lowest BCUT2D eigenvalue weighted by Gasteiger charge is -2.19. The monoisotopic (exact) mass is 366 g/mol. The first-order chi connectivity index (χ1) is 12.6.